The van der Waals surface area contributed by atoms with Crippen LogP contribution in [0.1, 0.15) is 17.3 Å². The summed E-state index contributed by atoms with van der Waals surface area (Å²) in [5.41, 5.74) is 2.84. The molecule has 0 radical (unpaired) electrons. The molecule has 0 saturated heterocycles. The number of anilines is 3. The van der Waals surface area contributed by atoms with E-state index in [1.54, 1.807) is 31.4 Å². The van der Waals surface area contributed by atoms with Crippen molar-refractivity contribution in [2.75, 3.05) is 28.8 Å². The van der Waals surface area contributed by atoms with Gasteiger partial charge >= 0.3 is 0 Å². The molecule has 0 fully saturated rings. The number of carbonyl (C=O) groups excluding carboxylic acids is 2. The second-order valence-electron chi connectivity index (χ2n) is 6.78. The van der Waals surface area contributed by atoms with Crippen LogP contribution in [0, 0.1) is 0 Å². The zero-order valence-corrected chi connectivity index (χ0v) is 19.3. The molecule has 0 unspecified atom stereocenters. The van der Waals surface area contributed by atoms with Crippen molar-refractivity contribution in [3.8, 4) is 5.75 Å². The van der Waals surface area contributed by atoms with E-state index in [9.17, 15) is 9.59 Å². The van der Waals surface area contributed by atoms with Crippen molar-refractivity contribution in [1.82, 2.24) is 0 Å². The van der Waals surface area contributed by atoms with Gasteiger partial charge in [-0.25, -0.2) is 0 Å². The van der Waals surface area contributed by atoms with Gasteiger partial charge in [0, 0.05) is 21.8 Å². The minimum absolute atomic E-state index is 0.00971. The molecule has 3 aromatic rings. The minimum Gasteiger partial charge on any atom is -0.495 e. The Morgan fingerprint density at radius 3 is 2.38 bits per heavy atom. The summed E-state index contributed by atoms with van der Waals surface area (Å²) in [5, 5.41) is 9.54. The molecule has 0 spiro atoms. The maximum Gasteiger partial charge on any atom is 0.234 e. The fraction of sp³-hybridized carbons (Fsp3) is 0.125. The molecule has 1 amide bonds. The van der Waals surface area contributed by atoms with Crippen LogP contribution in [0.2, 0.25) is 0 Å². The van der Waals surface area contributed by atoms with Gasteiger partial charge in [-0.3, -0.25) is 9.59 Å². The number of ether oxygens (including phenoxy) is 1. The van der Waals surface area contributed by atoms with Gasteiger partial charge in [-0.05, 0) is 73.7 Å². The minimum atomic E-state index is -0.128. The number of para-hydroxylation sites is 2. The molecule has 0 atom stereocenters. The van der Waals surface area contributed by atoms with E-state index in [0.717, 1.165) is 16.3 Å². The number of benzene rings is 3. The molecule has 6 nitrogen and oxygen atoms in total. The molecule has 164 valence electrons. The van der Waals surface area contributed by atoms with Crippen molar-refractivity contribution in [3.63, 3.8) is 0 Å². The fourth-order valence-corrected chi connectivity index (χ4v) is 3.81. The molecular formula is C24H23N3O3S2. The number of thiocarbonyl (C=S) groups is 1. The maximum absolute atomic E-state index is 12.3. The van der Waals surface area contributed by atoms with Gasteiger partial charge in [0.15, 0.2) is 10.9 Å². The molecule has 8 heteroatoms. The Hall–Kier alpha value is -3.36. The Bertz CT molecular complexity index is 1120. The zero-order valence-electron chi connectivity index (χ0n) is 17.7. The van der Waals surface area contributed by atoms with Gasteiger partial charge in [0.1, 0.15) is 5.75 Å². The highest BCUT2D eigenvalue weighted by Gasteiger charge is 2.07. The summed E-state index contributed by atoms with van der Waals surface area (Å²) in [6.07, 6.45) is 0. The number of rotatable bonds is 8. The highest BCUT2D eigenvalue weighted by Crippen LogP contribution is 2.25. The summed E-state index contributed by atoms with van der Waals surface area (Å²) in [5.74, 6) is 0.812. The smallest absolute Gasteiger partial charge is 0.234 e. The van der Waals surface area contributed by atoms with Crippen molar-refractivity contribution < 1.29 is 14.3 Å². The van der Waals surface area contributed by atoms with Gasteiger partial charge < -0.3 is 20.7 Å². The first-order chi connectivity index (χ1) is 15.4. The van der Waals surface area contributed by atoms with Gasteiger partial charge in [0.25, 0.3) is 0 Å². The summed E-state index contributed by atoms with van der Waals surface area (Å²) >= 11 is 6.82. The number of Topliss-reactive ketones (excluding diaryl/α,β-unsaturated/α-hetero) is 1. The summed E-state index contributed by atoms with van der Waals surface area (Å²) in [7, 11) is 1.61. The molecule has 0 aliphatic heterocycles. The number of thioether (sulfide) groups is 1. The van der Waals surface area contributed by atoms with Crippen molar-refractivity contribution in [2.24, 2.45) is 0 Å². The number of amides is 1. The SMILES string of the molecule is COc1ccccc1NC(=S)Nc1cccc(SCC(=O)Nc2ccc(C(C)=O)cc2)c1. The van der Waals surface area contributed by atoms with Crippen LogP contribution in [-0.2, 0) is 4.79 Å². The molecule has 32 heavy (non-hydrogen) atoms. The number of hydrogen-bond donors (Lipinski definition) is 3. The standard InChI is InChI=1S/C24H23N3O3S2/c1-16(28)17-10-12-18(13-11-17)25-23(29)15-32-20-7-5-6-19(14-20)26-24(31)27-21-8-3-4-9-22(21)30-2/h3-14H,15H2,1-2H3,(H,25,29)(H2,26,27,31). The van der Waals surface area contributed by atoms with Crippen LogP contribution in [-0.4, -0.2) is 29.7 Å². The lowest BCUT2D eigenvalue weighted by Gasteiger charge is -2.13. The van der Waals surface area contributed by atoms with Crippen molar-refractivity contribution >= 4 is 57.8 Å². The molecule has 0 aromatic heterocycles. The summed E-state index contributed by atoms with van der Waals surface area (Å²) in [6.45, 7) is 1.51. The molecular weight excluding hydrogens is 442 g/mol. The number of ketones is 1. The number of methoxy groups -OCH3 is 1. The van der Waals surface area contributed by atoms with Gasteiger partial charge in [-0.15, -0.1) is 11.8 Å². The zero-order chi connectivity index (χ0) is 22.9. The molecule has 0 aliphatic carbocycles. The molecule has 3 rings (SSSR count). The lowest BCUT2D eigenvalue weighted by Crippen LogP contribution is -2.19. The summed E-state index contributed by atoms with van der Waals surface area (Å²) in [6, 6.07) is 22.0. The van der Waals surface area contributed by atoms with E-state index >= 15 is 0 Å². The molecule has 0 bridgehead atoms. The van der Waals surface area contributed by atoms with Crippen LogP contribution in [0.4, 0.5) is 17.1 Å². The van der Waals surface area contributed by atoms with Gasteiger partial charge in [-0.1, -0.05) is 18.2 Å². The average Bonchev–Trinajstić information content (AvgIpc) is 2.78. The lowest BCUT2D eigenvalue weighted by molar-refractivity contribution is -0.113. The van der Waals surface area contributed by atoms with E-state index in [4.69, 9.17) is 17.0 Å². The van der Waals surface area contributed by atoms with Crippen LogP contribution >= 0.6 is 24.0 Å². The topological polar surface area (TPSA) is 79.5 Å². The molecule has 3 N–H and O–H groups in total. The van der Waals surface area contributed by atoms with E-state index in [1.807, 2.05) is 48.5 Å². The van der Waals surface area contributed by atoms with E-state index < -0.39 is 0 Å². The Morgan fingerprint density at radius 2 is 1.66 bits per heavy atom. The van der Waals surface area contributed by atoms with Gasteiger partial charge in [-0.2, -0.15) is 0 Å². The Balaban J connectivity index is 1.52. The first-order valence-electron chi connectivity index (χ1n) is 9.79. The van der Waals surface area contributed by atoms with E-state index in [1.165, 1.54) is 18.7 Å². The van der Waals surface area contributed by atoms with Crippen molar-refractivity contribution in [1.29, 1.82) is 0 Å². The average molecular weight is 466 g/mol. The van der Waals surface area contributed by atoms with Crippen molar-refractivity contribution in [3.05, 3.63) is 78.4 Å². The van der Waals surface area contributed by atoms with Crippen LogP contribution < -0.4 is 20.7 Å². The lowest BCUT2D eigenvalue weighted by atomic mass is 10.1. The maximum atomic E-state index is 12.3. The Kier molecular flexibility index (Phi) is 8.24. The number of nitrogens with one attached hydrogen (secondary N) is 3. The first-order valence-corrected chi connectivity index (χ1v) is 11.2. The summed E-state index contributed by atoms with van der Waals surface area (Å²) < 4.78 is 5.32. The molecule has 3 aromatic carbocycles. The number of hydrogen-bond acceptors (Lipinski definition) is 5. The normalized spacial score (nSPS) is 10.2. The Morgan fingerprint density at radius 1 is 0.906 bits per heavy atom. The quantitative estimate of drug-likeness (QED) is 0.232. The second-order valence-corrected chi connectivity index (χ2v) is 8.23. The number of carbonyl (C=O) groups is 2. The van der Waals surface area contributed by atoms with Crippen LogP contribution in [0.5, 0.6) is 5.75 Å². The molecule has 0 aliphatic rings. The molecule has 0 saturated carbocycles. The first kappa shape index (κ1) is 23.3. The van der Waals surface area contributed by atoms with Crippen LogP contribution in [0.3, 0.4) is 0 Å². The second kappa shape index (κ2) is 11.3. The van der Waals surface area contributed by atoms with Gasteiger partial charge in [0.2, 0.25) is 5.91 Å². The summed E-state index contributed by atoms with van der Waals surface area (Å²) in [4.78, 5) is 24.5. The van der Waals surface area contributed by atoms with Crippen LogP contribution in [0.15, 0.2) is 77.7 Å². The fourth-order valence-electron chi connectivity index (χ4n) is 2.83. The highest BCUT2D eigenvalue weighted by atomic mass is 32.2. The van der Waals surface area contributed by atoms with Crippen molar-refractivity contribution in [2.45, 2.75) is 11.8 Å². The third-order valence-corrected chi connectivity index (χ3v) is 5.59. The van der Waals surface area contributed by atoms with E-state index in [0.29, 0.717) is 22.1 Å². The predicted octanol–water partition coefficient (Wildman–Crippen LogP) is 5.44. The monoisotopic (exact) mass is 465 g/mol. The third kappa shape index (κ3) is 6.83. The highest BCUT2D eigenvalue weighted by molar-refractivity contribution is 8.00. The van der Waals surface area contributed by atoms with Gasteiger partial charge in [0.05, 0.1) is 18.6 Å². The third-order valence-electron chi connectivity index (χ3n) is 4.39. The van der Waals surface area contributed by atoms with E-state index in [-0.39, 0.29) is 17.4 Å². The van der Waals surface area contributed by atoms with Crippen LogP contribution in [0.25, 0.3) is 0 Å². The predicted molar refractivity (Wildman–Crippen MR) is 135 cm³/mol. The largest absolute Gasteiger partial charge is 0.495 e. The molecule has 0 heterocycles. The Labute approximate surface area is 196 Å². The van der Waals surface area contributed by atoms with E-state index in [2.05, 4.69) is 16.0 Å².